The van der Waals surface area contributed by atoms with Gasteiger partial charge in [-0.15, -0.1) is 11.3 Å². The fraction of sp³-hybridized carbons (Fsp3) is 0.167. The van der Waals surface area contributed by atoms with Crippen molar-refractivity contribution in [2.45, 2.75) is 13.5 Å². The summed E-state index contributed by atoms with van der Waals surface area (Å²) in [7, 11) is 0. The summed E-state index contributed by atoms with van der Waals surface area (Å²) in [6.07, 6.45) is 1.75. The number of thiazole rings is 1. The Bertz CT molecular complexity index is 668. The van der Waals surface area contributed by atoms with Crippen LogP contribution in [0.4, 0.5) is 11.4 Å². The third-order valence-corrected chi connectivity index (χ3v) is 3.45. The Morgan fingerprint density at radius 3 is 2.85 bits per heavy atom. The van der Waals surface area contributed by atoms with Gasteiger partial charge in [0.25, 0.3) is 5.69 Å². The maximum Gasteiger partial charge on any atom is 0.342 e. The molecule has 0 fully saturated rings. The quantitative estimate of drug-likeness (QED) is 0.648. The summed E-state index contributed by atoms with van der Waals surface area (Å²) in [5.74, 6) is -1.32. The van der Waals surface area contributed by atoms with E-state index in [1.54, 1.807) is 6.20 Å². The lowest BCUT2D eigenvalue weighted by molar-refractivity contribution is -0.385. The molecule has 20 heavy (non-hydrogen) atoms. The minimum atomic E-state index is -1.32. The zero-order valence-electron chi connectivity index (χ0n) is 10.5. The first-order chi connectivity index (χ1) is 9.47. The molecule has 1 aromatic heterocycles. The van der Waals surface area contributed by atoms with Gasteiger partial charge in [-0.2, -0.15) is 0 Å². The zero-order chi connectivity index (χ0) is 14.7. The second-order valence-corrected chi connectivity index (χ2v) is 5.33. The Morgan fingerprint density at radius 1 is 1.55 bits per heavy atom. The van der Waals surface area contributed by atoms with Crippen LogP contribution in [0.25, 0.3) is 0 Å². The van der Waals surface area contributed by atoms with Gasteiger partial charge in [-0.25, -0.2) is 9.78 Å². The van der Waals surface area contributed by atoms with Crippen LogP contribution < -0.4 is 5.32 Å². The monoisotopic (exact) mass is 293 g/mol. The molecule has 0 atom stereocenters. The predicted octanol–water partition coefficient (Wildman–Crippen LogP) is 2.67. The topological polar surface area (TPSA) is 105 Å². The number of rotatable bonds is 5. The number of benzene rings is 1. The average Bonchev–Trinajstić information content (AvgIpc) is 2.81. The standard InChI is InChI=1S/C12H11N3O4S/c1-7-5-14-11(20-7)6-13-8-2-3-9(12(16)17)10(4-8)15(18)19/h2-5,13H,6H2,1H3,(H,16,17). The normalized spacial score (nSPS) is 10.2. The van der Waals surface area contributed by atoms with Crippen molar-refractivity contribution < 1.29 is 14.8 Å². The fourth-order valence-corrected chi connectivity index (χ4v) is 2.36. The van der Waals surface area contributed by atoms with E-state index in [0.717, 1.165) is 9.88 Å². The molecule has 0 unspecified atom stereocenters. The molecular formula is C12H11N3O4S. The van der Waals surface area contributed by atoms with Crippen LogP contribution in [-0.4, -0.2) is 21.0 Å². The first-order valence-electron chi connectivity index (χ1n) is 5.64. The molecule has 104 valence electrons. The molecule has 7 nitrogen and oxygen atoms in total. The molecule has 2 aromatic rings. The van der Waals surface area contributed by atoms with Crippen molar-refractivity contribution in [1.29, 1.82) is 0 Å². The zero-order valence-corrected chi connectivity index (χ0v) is 11.3. The Balaban J connectivity index is 2.18. The third-order valence-electron chi connectivity index (χ3n) is 2.54. The number of anilines is 1. The number of carboxylic acids is 1. The molecule has 8 heteroatoms. The molecule has 0 amide bonds. The van der Waals surface area contributed by atoms with Gasteiger partial charge in [0.1, 0.15) is 10.6 Å². The van der Waals surface area contributed by atoms with E-state index in [1.165, 1.54) is 29.5 Å². The summed E-state index contributed by atoms with van der Waals surface area (Å²) < 4.78 is 0. The van der Waals surface area contributed by atoms with E-state index >= 15 is 0 Å². The van der Waals surface area contributed by atoms with Crippen molar-refractivity contribution in [3.63, 3.8) is 0 Å². The number of nitro benzene ring substituents is 1. The SMILES string of the molecule is Cc1cnc(CNc2ccc(C(=O)O)c([N+](=O)[O-])c2)s1. The second kappa shape index (κ2) is 5.66. The Hall–Kier alpha value is -2.48. The number of carbonyl (C=O) groups is 1. The van der Waals surface area contributed by atoms with Crippen molar-refractivity contribution in [1.82, 2.24) is 4.98 Å². The molecular weight excluding hydrogens is 282 g/mol. The minimum Gasteiger partial charge on any atom is -0.477 e. The Morgan fingerprint density at radius 2 is 2.30 bits per heavy atom. The largest absolute Gasteiger partial charge is 0.477 e. The van der Waals surface area contributed by atoms with Gasteiger partial charge in [0.2, 0.25) is 0 Å². The van der Waals surface area contributed by atoms with Crippen LogP contribution in [0.15, 0.2) is 24.4 Å². The Labute approximate surface area is 118 Å². The van der Waals surface area contributed by atoms with Crippen LogP contribution in [0.5, 0.6) is 0 Å². The van der Waals surface area contributed by atoms with Crippen LogP contribution >= 0.6 is 11.3 Å². The van der Waals surface area contributed by atoms with E-state index in [2.05, 4.69) is 10.3 Å². The molecule has 0 saturated carbocycles. The molecule has 0 bridgehead atoms. The lowest BCUT2D eigenvalue weighted by Gasteiger charge is -2.05. The number of nitrogens with zero attached hydrogens (tertiary/aromatic N) is 2. The number of aromatic carboxylic acids is 1. The minimum absolute atomic E-state index is 0.328. The van der Waals surface area contributed by atoms with Gasteiger partial charge in [-0.3, -0.25) is 10.1 Å². The number of aromatic nitrogens is 1. The highest BCUT2D eigenvalue weighted by Crippen LogP contribution is 2.24. The number of hydrogen-bond donors (Lipinski definition) is 2. The van der Waals surface area contributed by atoms with Crippen molar-refractivity contribution in [3.05, 3.63) is 50.0 Å². The summed E-state index contributed by atoms with van der Waals surface area (Å²) in [6.45, 7) is 2.37. The van der Waals surface area contributed by atoms with E-state index in [9.17, 15) is 14.9 Å². The van der Waals surface area contributed by atoms with E-state index in [1.807, 2.05) is 6.92 Å². The van der Waals surface area contributed by atoms with E-state index in [4.69, 9.17) is 5.11 Å². The van der Waals surface area contributed by atoms with Gasteiger partial charge in [0, 0.05) is 22.8 Å². The number of nitro groups is 1. The van der Waals surface area contributed by atoms with E-state index in [0.29, 0.717) is 12.2 Å². The van der Waals surface area contributed by atoms with Crippen molar-refractivity contribution in [2.24, 2.45) is 0 Å². The summed E-state index contributed by atoms with van der Waals surface area (Å²) in [5.41, 5.74) is -0.280. The number of hydrogen-bond acceptors (Lipinski definition) is 6. The molecule has 0 aliphatic carbocycles. The van der Waals surface area contributed by atoms with Crippen LogP contribution in [0.2, 0.25) is 0 Å². The van der Waals surface area contributed by atoms with E-state index < -0.39 is 16.6 Å². The molecule has 0 radical (unpaired) electrons. The molecule has 1 aromatic carbocycles. The highest BCUT2D eigenvalue weighted by Gasteiger charge is 2.19. The lowest BCUT2D eigenvalue weighted by atomic mass is 10.1. The van der Waals surface area contributed by atoms with Crippen LogP contribution in [-0.2, 0) is 6.54 Å². The second-order valence-electron chi connectivity index (χ2n) is 4.01. The number of aryl methyl sites for hydroxylation is 1. The number of nitrogens with one attached hydrogen (secondary N) is 1. The average molecular weight is 293 g/mol. The predicted molar refractivity (Wildman–Crippen MR) is 74.2 cm³/mol. The van der Waals surface area contributed by atoms with Gasteiger partial charge in [0.15, 0.2) is 0 Å². The summed E-state index contributed by atoms with van der Waals surface area (Å²) >= 11 is 1.52. The maximum atomic E-state index is 10.9. The van der Waals surface area contributed by atoms with Gasteiger partial charge < -0.3 is 10.4 Å². The molecule has 2 N–H and O–H groups in total. The molecule has 0 saturated heterocycles. The molecule has 0 aliphatic heterocycles. The van der Waals surface area contributed by atoms with Crippen molar-refractivity contribution in [2.75, 3.05) is 5.32 Å². The van der Waals surface area contributed by atoms with Crippen LogP contribution in [0, 0.1) is 17.0 Å². The highest BCUT2D eigenvalue weighted by atomic mass is 32.1. The Kier molecular flexibility index (Phi) is 3.94. The summed E-state index contributed by atoms with van der Waals surface area (Å²) in [4.78, 5) is 26.3. The molecule has 2 rings (SSSR count). The third kappa shape index (κ3) is 3.09. The van der Waals surface area contributed by atoms with Crippen molar-refractivity contribution >= 4 is 28.7 Å². The molecule has 0 aliphatic rings. The van der Waals surface area contributed by atoms with Crippen molar-refractivity contribution in [3.8, 4) is 0 Å². The smallest absolute Gasteiger partial charge is 0.342 e. The van der Waals surface area contributed by atoms with Crippen LogP contribution in [0.1, 0.15) is 20.2 Å². The van der Waals surface area contributed by atoms with Gasteiger partial charge in [0.05, 0.1) is 11.5 Å². The van der Waals surface area contributed by atoms with E-state index in [-0.39, 0.29) is 5.56 Å². The van der Waals surface area contributed by atoms with Gasteiger partial charge in [-0.1, -0.05) is 0 Å². The lowest BCUT2D eigenvalue weighted by Crippen LogP contribution is -2.05. The van der Waals surface area contributed by atoms with Gasteiger partial charge >= 0.3 is 5.97 Å². The molecule has 1 heterocycles. The summed E-state index contributed by atoms with van der Waals surface area (Å²) in [5, 5.41) is 23.6. The molecule has 0 spiro atoms. The maximum absolute atomic E-state index is 10.9. The first-order valence-corrected chi connectivity index (χ1v) is 6.46. The fourth-order valence-electron chi connectivity index (χ4n) is 1.63. The highest BCUT2D eigenvalue weighted by molar-refractivity contribution is 7.11. The van der Waals surface area contributed by atoms with Gasteiger partial charge in [-0.05, 0) is 19.1 Å². The van der Waals surface area contributed by atoms with Crippen LogP contribution in [0.3, 0.4) is 0 Å². The first kappa shape index (κ1) is 13.9. The summed E-state index contributed by atoms with van der Waals surface area (Å²) in [6, 6.07) is 3.93. The number of carboxylic acid groups (broad SMARTS) is 1.